The number of hydrogen-bond donors (Lipinski definition) is 0. The van der Waals surface area contributed by atoms with Gasteiger partial charge in [-0.2, -0.15) is 0 Å². The molecule has 0 N–H and O–H groups in total. The zero-order valence-electron chi connectivity index (χ0n) is 18.3. The number of phosphoric ester groups is 1. The van der Waals surface area contributed by atoms with E-state index in [4.69, 9.17) is 13.6 Å². The standard InChI is InChI=1S/C29H19O4P/c1-31-34(30)32-28-24-16-8-4-12-20(24)18-10-2-6-14-22(18)26(28)27-23-15-7-3-11-19(23)21-13-5-9-17-25(21)29(27)33-34/h2-17H,1H3. The van der Waals surface area contributed by atoms with Gasteiger partial charge in [0.25, 0.3) is 0 Å². The molecule has 6 aromatic carbocycles. The van der Waals surface area contributed by atoms with Crippen LogP contribution in [-0.2, 0) is 9.09 Å². The van der Waals surface area contributed by atoms with E-state index >= 15 is 0 Å². The summed E-state index contributed by atoms with van der Waals surface area (Å²) in [5, 5.41) is 7.97. The fraction of sp³-hybridized carbons (Fsp3) is 0.0345. The van der Waals surface area contributed by atoms with Gasteiger partial charge in [0.1, 0.15) is 11.5 Å². The van der Waals surface area contributed by atoms with Crippen LogP contribution in [-0.4, -0.2) is 7.11 Å². The molecule has 0 bridgehead atoms. The highest BCUT2D eigenvalue weighted by Crippen LogP contribution is 2.62. The SMILES string of the molecule is COP1(=O)Oc2c(c3ccccc3c3ccccc23)-c2c(c3ccccc3c3ccccc23)O1. The first-order valence-corrected chi connectivity index (χ1v) is 12.6. The Bertz CT molecular complexity index is 1710. The highest BCUT2D eigenvalue weighted by Gasteiger charge is 2.38. The summed E-state index contributed by atoms with van der Waals surface area (Å²) in [6.07, 6.45) is 0. The Morgan fingerprint density at radius 2 is 0.794 bits per heavy atom. The smallest absolute Gasteiger partial charge is 0.394 e. The Morgan fingerprint density at radius 3 is 1.15 bits per heavy atom. The molecule has 0 spiro atoms. The van der Waals surface area contributed by atoms with Crippen molar-refractivity contribution in [2.24, 2.45) is 0 Å². The molecule has 0 unspecified atom stereocenters. The number of benzene rings is 6. The zero-order chi connectivity index (χ0) is 22.9. The summed E-state index contributed by atoms with van der Waals surface area (Å²) in [6, 6.07) is 32.5. The van der Waals surface area contributed by atoms with E-state index in [1.807, 2.05) is 60.7 Å². The van der Waals surface area contributed by atoms with Crippen molar-refractivity contribution in [3.05, 3.63) is 97.1 Å². The van der Waals surface area contributed by atoms with Crippen LogP contribution in [0.3, 0.4) is 0 Å². The second-order valence-electron chi connectivity index (χ2n) is 8.40. The summed E-state index contributed by atoms with van der Waals surface area (Å²) in [5.74, 6) is 1.03. The van der Waals surface area contributed by atoms with Crippen LogP contribution in [0, 0.1) is 0 Å². The molecule has 0 radical (unpaired) electrons. The fourth-order valence-corrected chi connectivity index (χ4v) is 6.23. The van der Waals surface area contributed by atoms with Crippen LogP contribution in [0.2, 0.25) is 0 Å². The topological polar surface area (TPSA) is 44.8 Å². The Hall–Kier alpha value is -3.85. The van der Waals surface area contributed by atoms with E-state index in [1.54, 1.807) is 0 Å². The molecule has 7 rings (SSSR count). The van der Waals surface area contributed by atoms with Gasteiger partial charge in [0.15, 0.2) is 0 Å². The minimum Gasteiger partial charge on any atom is -0.394 e. The van der Waals surface area contributed by atoms with E-state index < -0.39 is 7.82 Å². The molecule has 164 valence electrons. The van der Waals surface area contributed by atoms with E-state index in [0.717, 1.165) is 54.2 Å². The van der Waals surface area contributed by atoms with Gasteiger partial charge in [0.2, 0.25) is 0 Å². The van der Waals surface area contributed by atoms with Crippen molar-refractivity contribution in [2.45, 2.75) is 0 Å². The van der Waals surface area contributed by atoms with E-state index in [1.165, 1.54) is 7.11 Å². The number of rotatable bonds is 1. The van der Waals surface area contributed by atoms with Gasteiger partial charge in [-0.05, 0) is 32.3 Å². The van der Waals surface area contributed by atoms with Crippen molar-refractivity contribution in [3.8, 4) is 22.6 Å². The Labute approximate surface area is 195 Å². The first-order chi connectivity index (χ1) is 16.7. The molecule has 6 aromatic rings. The molecule has 0 aliphatic carbocycles. The zero-order valence-corrected chi connectivity index (χ0v) is 19.2. The lowest BCUT2D eigenvalue weighted by atomic mass is 9.87. The summed E-state index contributed by atoms with van der Waals surface area (Å²) in [7, 11) is -2.61. The predicted octanol–water partition coefficient (Wildman–Crippen LogP) is 8.49. The van der Waals surface area contributed by atoms with Gasteiger partial charge in [0.05, 0.1) is 0 Å². The van der Waals surface area contributed by atoms with Crippen LogP contribution in [0.5, 0.6) is 11.5 Å². The lowest BCUT2D eigenvalue weighted by Gasteiger charge is -2.17. The van der Waals surface area contributed by atoms with Crippen molar-refractivity contribution < 1.29 is 18.1 Å². The Kier molecular flexibility index (Phi) is 4.08. The third kappa shape index (κ3) is 2.61. The van der Waals surface area contributed by atoms with Gasteiger partial charge in [-0.3, -0.25) is 4.52 Å². The van der Waals surface area contributed by atoms with Crippen LogP contribution >= 0.6 is 7.82 Å². The van der Waals surface area contributed by atoms with Crippen molar-refractivity contribution in [1.82, 2.24) is 0 Å². The second kappa shape index (κ2) is 7.07. The van der Waals surface area contributed by atoms with Crippen LogP contribution in [0.25, 0.3) is 54.2 Å². The summed E-state index contributed by atoms with van der Waals surface area (Å²) >= 11 is 0. The van der Waals surface area contributed by atoms with E-state index in [9.17, 15) is 4.57 Å². The van der Waals surface area contributed by atoms with E-state index in [0.29, 0.717) is 11.5 Å². The van der Waals surface area contributed by atoms with Crippen LogP contribution < -0.4 is 9.05 Å². The monoisotopic (exact) mass is 462 g/mol. The minimum absolute atomic E-state index is 0.513. The van der Waals surface area contributed by atoms with Gasteiger partial charge in [0, 0.05) is 29.0 Å². The van der Waals surface area contributed by atoms with Gasteiger partial charge < -0.3 is 9.05 Å². The molecular weight excluding hydrogens is 443 g/mol. The minimum atomic E-state index is -3.97. The Balaban J connectivity index is 1.82. The highest BCUT2D eigenvalue weighted by molar-refractivity contribution is 7.49. The third-order valence-corrected chi connectivity index (χ3v) is 7.91. The normalized spacial score (nSPS) is 14.4. The molecule has 1 aliphatic heterocycles. The molecule has 1 aliphatic rings. The van der Waals surface area contributed by atoms with Crippen LogP contribution in [0.4, 0.5) is 0 Å². The van der Waals surface area contributed by atoms with Gasteiger partial charge in [-0.25, -0.2) is 4.57 Å². The number of fused-ring (bicyclic) bond motifs is 13. The summed E-state index contributed by atoms with van der Waals surface area (Å²) in [6.45, 7) is 0. The maximum atomic E-state index is 13.8. The molecule has 0 fully saturated rings. The predicted molar refractivity (Wildman–Crippen MR) is 138 cm³/mol. The fourth-order valence-electron chi connectivity index (χ4n) is 5.22. The maximum Gasteiger partial charge on any atom is 0.587 e. The molecule has 1 heterocycles. The third-order valence-electron chi connectivity index (χ3n) is 6.65. The van der Waals surface area contributed by atoms with E-state index in [2.05, 4.69) is 36.4 Å². The molecule has 0 amide bonds. The molecule has 4 nitrogen and oxygen atoms in total. The molecule has 0 saturated carbocycles. The highest BCUT2D eigenvalue weighted by atomic mass is 31.2. The largest absolute Gasteiger partial charge is 0.587 e. The lowest BCUT2D eigenvalue weighted by Crippen LogP contribution is -2.02. The van der Waals surface area contributed by atoms with Gasteiger partial charge in [-0.15, -0.1) is 0 Å². The number of phosphoric acid groups is 1. The van der Waals surface area contributed by atoms with E-state index in [-0.39, 0.29) is 0 Å². The average Bonchev–Trinajstić information content (AvgIpc) is 3.04. The molecular formula is C29H19O4P. The first kappa shape index (κ1) is 19.6. The summed E-state index contributed by atoms with van der Waals surface area (Å²) in [4.78, 5) is 0. The van der Waals surface area contributed by atoms with Crippen LogP contribution in [0.15, 0.2) is 97.1 Å². The van der Waals surface area contributed by atoms with Gasteiger partial charge >= 0.3 is 7.82 Å². The van der Waals surface area contributed by atoms with Crippen molar-refractivity contribution >= 4 is 50.9 Å². The van der Waals surface area contributed by atoms with Crippen molar-refractivity contribution in [2.75, 3.05) is 7.11 Å². The molecule has 0 atom stereocenters. The number of hydrogen-bond acceptors (Lipinski definition) is 4. The molecule has 0 saturated heterocycles. The first-order valence-electron chi connectivity index (χ1n) is 11.1. The Morgan fingerprint density at radius 1 is 0.500 bits per heavy atom. The average molecular weight is 462 g/mol. The quantitative estimate of drug-likeness (QED) is 0.182. The van der Waals surface area contributed by atoms with Crippen molar-refractivity contribution in [3.63, 3.8) is 0 Å². The summed E-state index contributed by atoms with van der Waals surface area (Å²) < 4.78 is 31.7. The molecule has 5 heteroatoms. The maximum absolute atomic E-state index is 13.8. The molecule has 34 heavy (non-hydrogen) atoms. The summed E-state index contributed by atoms with van der Waals surface area (Å²) in [5.41, 5.74) is 1.72. The second-order valence-corrected chi connectivity index (χ2v) is 10.0. The van der Waals surface area contributed by atoms with Crippen molar-refractivity contribution in [1.29, 1.82) is 0 Å². The lowest BCUT2D eigenvalue weighted by molar-refractivity contribution is 0.254. The van der Waals surface area contributed by atoms with Gasteiger partial charge in [-0.1, -0.05) is 97.1 Å². The van der Waals surface area contributed by atoms with Crippen LogP contribution in [0.1, 0.15) is 0 Å². The molecule has 0 aromatic heterocycles.